The number of hydrogen-bond donors (Lipinski definition) is 2. The first-order valence-electron chi connectivity index (χ1n) is 10.8. The number of rotatable bonds is 5. The van der Waals surface area contributed by atoms with Gasteiger partial charge in [0, 0.05) is 18.8 Å². The highest BCUT2D eigenvalue weighted by molar-refractivity contribution is 5.98. The monoisotopic (exact) mass is 492 g/mol. The average Bonchev–Trinajstić information content (AvgIpc) is 3.03. The maximum absolute atomic E-state index is 13.7. The summed E-state index contributed by atoms with van der Waals surface area (Å²) in [7, 11) is 1.46. The SMILES string of the molecule is CCCc1cc(C(F)(F)F)c2nc(C(=O)N3CCN(c4ccc(OC)nc4)C(=O)CN3)c(O)n2c1. The highest BCUT2D eigenvalue weighted by atomic mass is 19.4. The maximum Gasteiger partial charge on any atom is 0.419 e. The zero-order chi connectivity index (χ0) is 25.3. The van der Waals surface area contributed by atoms with Crippen LogP contribution in [0.15, 0.2) is 30.6 Å². The molecule has 0 spiro atoms. The molecule has 2 amide bonds. The number of pyridine rings is 2. The van der Waals surface area contributed by atoms with Gasteiger partial charge in [-0.25, -0.2) is 15.4 Å². The van der Waals surface area contributed by atoms with Gasteiger partial charge in [-0.2, -0.15) is 13.2 Å². The Balaban J connectivity index is 1.63. The number of carbonyl (C=O) groups is 2. The number of carbonyl (C=O) groups excluding carboxylic acids is 2. The number of aromatic nitrogens is 3. The summed E-state index contributed by atoms with van der Waals surface area (Å²) in [5.74, 6) is -1.55. The summed E-state index contributed by atoms with van der Waals surface area (Å²) in [4.78, 5) is 35.1. The molecule has 186 valence electrons. The lowest BCUT2D eigenvalue weighted by Crippen LogP contribution is -2.44. The molecule has 0 aromatic carbocycles. The topological polar surface area (TPSA) is 112 Å². The zero-order valence-electron chi connectivity index (χ0n) is 19.0. The Hall–Kier alpha value is -3.87. The molecule has 35 heavy (non-hydrogen) atoms. The molecule has 3 aromatic rings. The van der Waals surface area contributed by atoms with Gasteiger partial charge in [-0.15, -0.1) is 0 Å². The predicted octanol–water partition coefficient (Wildman–Crippen LogP) is 2.41. The van der Waals surface area contributed by atoms with E-state index in [4.69, 9.17) is 4.74 Å². The second kappa shape index (κ2) is 9.41. The standard InChI is InChI=1S/C22H23F3N6O4/c1-3-4-13-9-15(22(23,24)25)19-28-18(20(33)30(19)12-13)21(34)31-8-7-29(17(32)11-27-31)14-5-6-16(35-2)26-10-14/h5-6,9-10,12,27,33H,3-4,7-8,11H2,1-2H3. The largest absolute Gasteiger partial charge is 0.492 e. The van der Waals surface area contributed by atoms with Crippen LogP contribution in [-0.4, -0.2) is 63.0 Å². The van der Waals surface area contributed by atoms with Crippen LogP contribution in [-0.2, 0) is 17.4 Å². The molecule has 4 rings (SSSR count). The van der Waals surface area contributed by atoms with E-state index in [0.29, 0.717) is 30.0 Å². The van der Waals surface area contributed by atoms with Crippen LogP contribution in [0.3, 0.4) is 0 Å². The minimum atomic E-state index is -4.73. The molecule has 2 N–H and O–H groups in total. The lowest BCUT2D eigenvalue weighted by molar-refractivity contribution is -0.136. The zero-order valence-corrected chi connectivity index (χ0v) is 19.0. The smallest absolute Gasteiger partial charge is 0.419 e. The summed E-state index contributed by atoms with van der Waals surface area (Å²) >= 11 is 0. The maximum atomic E-state index is 13.7. The van der Waals surface area contributed by atoms with Gasteiger partial charge in [0.05, 0.1) is 37.6 Å². The molecule has 1 aliphatic rings. The predicted molar refractivity (Wildman–Crippen MR) is 118 cm³/mol. The Labute approximate surface area is 197 Å². The molecule has 0 radical (unpaired) electrons. The highest BCUT2D eigenvalue weighted by Crippen LogP contribution is 2.35. The average molecular weight is 492 g/mol. The molecule has 0 saturated carbocycles. The molecular weight excluding hydrogens is 469 g/mol. The Morgan fingerprint density at radius 1 is 1.29 bits per heavy atom. The molecular formula is C22H23F3N6O4. The molecule has 4 heterocycles. The number of imidazole rings is 1. The van der Waals surface area contributed by atoms with Gasteiger partial charge in [-0.3, -0.25) is 19.0 Å². The van der Waals surface area contributed by atoms with Gasteiger partial charge in [0.2, 0.25) is 17.7 Å². The van der Waals surface area contributed by atoms with Crippen molar-refractivity contribution in [2.24, 2.45) is 0 Å². The van der Waals surface area contributed by atoms with E-state index in [1.807, 2.05) is 6.92 Å². The van der Waals surface area contributed by atoms with Crippen molar-refractivity contribution in [3.63, 3.8) is 0 Å². The first-order chi connectivity index (χ1) is 16.6. The summed E-state index contributed by atoms with van der Waals surface area (Å²) in [6.07, 6.45) is -0.995. The molecule has 0 bridgehead atoms. The summed E-state index contributed by atoms with van der Waals surface area (Å²) in [6, 6.07) is 4.20. The summed E-state index contributed by atoms with van der Waals surface area (Å²) in [5, 5.41) is 11.7. The number of aryl methyl sites for hydroxylation is 1. The summed E-state index contributed by atoms with van der Waals surface area (Å²) in [6.45, 7) is 1.61. The second-order valence-electron chi connectivity index (χ2n) is 7.88. The highest BCUT2D eigenvalue weighted by Gasteiger charge is 2.37. The molecule has 0 aliphatic carbocycles. The fourth-order valence-electron chi connectivity index (χ4n) is 3.86. The molecule has 13 heteroatoms. The fourth-order valence-corrected chi connectivity index (χ4v) is 3.86. The van der Waals surface area contributed by atoms with Crippen LogP contribution in [0.2, 0.25) is 0 Å². The van der Waals surface area contributed by atoms with E-state index in [1.54, 1.807) is 12.1 Å². The van der Waals surface area contributed by atoms with Crippen LogP contribution in [0.4, 0.5) is 18.9 Å². The van der Waals surface area contributed by atoms with Crippen LogP contribution in [0.25, 0.3) is 5.65 Å². The molecule has 1 saturated heterocycles. The van der Waals surface area contributed by atoms with E-state index < -0.39 is 34.9 Å². The number of hydrazine groups is 1. The van der Waals surface area contributed by atoms with Crippen molar-refractivity contribution in [3.8, 4) is 11.8 Å². The van der Waals surface area contributed by atoms with Gasteiger partial charge in [0.15, 0.2) is 11.3 Å². The van der Waals surface area contributed by atoms with E-state index in [2.05, 4.69) is 15.4 Å². The van der Waals surface area contributed by atoms with Crippen molar-refractivity contribution in [2.45, 2.75) is 25.9 Å². The number of nitrogens with one attached hydrogen (secondary N) is 1. The number of amides is 2. The van der Waals surface area contributed by atoms with Gasteiger partial charge in [0.1, 0.15) is 0 Å². The van der Waals surface area contributed by atoms with Crippen molar-refractivity contribution in [1.29, 1.82) is 0 Å². The van der Waals surface area contributed by atoms with Crippen LogP contribution < -0.4 is 15.1 Å². The lowest BCUT2D eigenvalue weighted by Gasteiger charge is -2.21. The van der Waals surface area contributed by atoms with E-state index in [1.165, 1.54) is 24.4 Å². The number of nitrogens with zero attached hydrogens (tertiary/aromatic N) is 5. The van der Waals surface area contributed by atoms with Gasteiger partial charge in [-0.1, -0.05) is 13.3 Å². The number of alkyl halides is 3. The van der Waals surface area contributed by atoms with E-state index in [-0.39, 0.29) is 25.5 Å². The van der Waals surface area contributed by atoms with E-state index in [9.17, 15) is 27.9 Å². The molecule has 1 fully saturated rings. The third kappa shape index (κ3) is 4.71. The molecule has 1 aliphatic heterocycles. The first-order valence-corrected chi connectivity index (χ1v) is 10.8. The number of methoxy groups -OCH3 is 1. The molecule has 0 atom stereocenters. The van der Waals surface area contributed by atoms with Crippen LogP contribution in [0, 0.1) is 0 Å². The fraction of sp³-hybridized carbons (Fsp3) is 0.364. The van der Waals surface area contributed by atoms with E-state index in [0.717, 1.165) is 15.5 Å². The number of halogens is 3. The van der Waals surface area contributed by atoms with Crippen molar-refractivity contribution < 1.29 is 32.6 Å². The third-order valence-corrected chi connectivity index (χ3v) is 5.55. The number of fused-ring (bicyclic) bond motifs is 1. The quantitative estimate of drug-likeness (QED) is 0.563. The van der Waals surface area contributed by atoms with Crippen molar-refractivity contribution in [2.75, 3.05) is 31.6 Å². The number of hydrogen-bond acceptors (Lipinski definition) is 7. The lowest BCUT2D eigenvalue weighted by atomic mass is 10.1. The summed E-state index contributed by atoms with van der Waals surface area (Å²) in [5.41, 5.74) is 1.33. The number of aromatic hydroxyl groups is 1. The number of anilines is 1. The Morgan fingerprint density at radius 2 is 2.06 bits per heavy atom. The van der Waals surface area contributed by atoms with Crippen LogP contribution >= 0.6 is 0 Å². The van der Waals surface area contributed by atoms with Gasteiger partial charge in [0.25, 0.3) is 5.91 Å². The normalized spacial score (nSPS) is 14.9. The van der Waals surface area contributed by atoms with Gasteiger partial charge < -0.3 is 14.7 Å². The second-order valence-corrected chi connectivity index (χ2v) is 7.88. The van der Waals surface area contributed by atoms with Crippen LogP contribution in [0.5, 0.6) is 11.8 Å². The minimum absolute atomic E-state index is 0.0167. The Kier molecular flexibility index (Phi) is 6.52. The van der Waals surface area contributed by atoms with Crippen molar-refractivity contribution >= 4 is 23.1 Å². The van der Waals surface area contributed by atoms with Crippen molar-refractivity contribution in [1.82, 2.24) is 24.8 Å². The molecule has 3 aromatic heterocycles. The van der Waals surface area contributed by atoms with Crippen LogP contribution in [0.1, 0.15) is 35.0 Å². The minimum Gasteiger partial charge on any atom is -0.492 e. The number of ether oxygens (including phenoxy) is 1. The Bertz CT molecular complexity index is 1260. The molecule has 10 nitrogen and oxygen atoms in total. The summed E-state index contributed by atoms with van der Waals surface area (Å²) < 4.78 is 46.9. The van der Waals surface area contributed by atoms with Gasteiger partial charge in [-0.05, 0) is 24.1 Å². The Morgan fingerprint density at radius 3 is 2.69 bits per heavy atom. The first kappa shape index (κ1) is 24.3. The van der Waals surface area contributed by atoms with Gasteiger partial charge >= 0.3 is 6.18 Å². The third-order valence-electron chi connectivity index (χ3n) is 5.55. The van der Waals surface area contributed by atoms with Crippen molar-refractivity contribution in [3.05, 3.63) is 47.4 Å². The van der Waals surface area contributed by atoms with E-state index >= 15 is 0 Å². The molecule has 0 unspecified atom stereocenters.